The largest absolute Gasteiger partial charge is 0.500 e. The highest BCUT2D eigenvalue weighted by Crippen LogP contribution is 2.38. The van der Waals surface area contributed by atoms with Gasteiger partial charge in [-0.15, -0.1) is 0 Å². The molecule has 54 heavy (non-hydrogen) atoms. The summed E-state index contributed by atoms with van der Waals surface area (Å²) in [6.45, 7) is 2.80. The third-order valence-electron chi connectivity index (χ3n) is 12.0. The number of unbranched alkanes of at least 4 members (excludes halogenated alkanes) is 4. The second-order valence-electron chi connectivity index (χ2n) is 15.0. The molecule has 0 bridgehead atoms. The molecule has 0 aromatic carbocycles. The van der Waals surface area contributed by atoms with Gasteiger partial charge in [-0.3, -0.25) is 0 Å². The molecule has 0 fully saturated rings. The molecule has 0 unspecified atom stereocenters. The topological polar surface area (TPSA) is 111 Å². The normalized spacial score (nSPS) is 14.4. The molecule has 0 spiro atoms. The van der Waals surface area contributed by atoms with Crippen LogP contribution >= 0.6 is 0 Å². The maximum atomic E-state index is 5.84. The van der Waals surface area contributed by atoms with Crippen molar-refractivity contribution in [1.82, 2.24) is 0 Å². The van der Waals surface area contributed by atoms with E-state index in [-0.39, 0.29) is 0 Å². The molecule has 0 aliphatic rings. The molecular formula is C34H86O12Si8. The molecular weight excluding hydrogens is 825 g/mol. The Morgan fingerprint density at radius 2 is 0.463 bits per heavy atom. The molecule has 326 valence electrons. The maximum Gasteiger partial charge on any atom is 0.500 e. The van der Waals surface area contributed by atoms with Crippen molar-refractivity contribution >= 4 is 74.0 Å². The standard InChI is InChI=1S/C34H86O12Si8/c1-35-52(36-2,37-3)32-18-29-51(30-19-33-53(38-4,39-5)40-6,31-20-34-54(41-7,42-8)43-9)25-14-12-10-11-13-24-50(26-15-21-44-47,27-16-22-45-48)28-17-23-46-49/h10-34H2,1-9,47-49H3. The lowest BCUT2D eigenvalue weighted by Gasteiger charge is -2.35. The Kier molecular flexibility index (Phi) is 33.8. The molecule has 12 nitrogen and oxygen atoms in total. The van der Waals surface area contributed by atoms with Crippen molar-refractivity contribution in [1.29, 1.82) is 0 Å². The van der Waals surface area contributed by atoms with Gasteiger partial charge < -0.3 is 53.1 Å². The van der Waals surface area contributed by atoms with Crippen LogP contribution in [0.15, 0.2) is 0 Å². The molecule has 0 aromatic rings. The van der Waals surface area contributed by atoms with E-state index >= 15 is 0 Å². The second-order valence-corrected chi connectivity index (χ2v) is 36.0. The highest BCUT2D eigenvalue weighted by atomic mass is 28.4. The third kappa shape index (κ3) is 21.5. The van der Waals surface area contributed by atoms with Gasteiger partial charge in [0.25, 0.3) is 0 Å². The highest BCUT2D eigenvalue weighted by Gasteiger charge is 2.43. The van der Waals surface area contributed by atoms with E-state index in [1.54, 1.807) is 64.0 Å². The van der Waals surface area contributed by atoms with Crippen molar-refractivity contribution in [2.75, 3.05) is 83.8 Å². The smallest absolute Gasteiger partial charge is 0.428 e. The van der Waals surface area contributed by atoms with Gasteiger partial charge in [-0.25, -0.2) is 0 Å². The van der Waals surface area contributed by atoms with Crippen LogP contribution in [0.2, 0.25) is 66.5 Å². The summed E-state index contributed by atoms with van der Waals surface area (Å²) in [7, 11) is 6.72. The summed E-state index contributed by atoms with van der Waals surface area (Å²) >= 11 is 0. The molecule has 0 saturated heterocycles. The van der Waals surface area contributed by atoms with Gasteiger partial charge in [-0.05, 0) is 19.3 Å². The minimum atomic E-state index is -2.67. The summed E-state index contributed by atoms with van der Waals surface area (Å²) in [6, 6.07) is 13.0. The quantitative estimate of drug-likeness (QED) is 0.0627. The molecule has 0 amide bonds. The Hall–Kier alpha value is 1.26. The van der Waals surface area contributed by atoms with E-state index in [1.165, 1.54) is 99.7 Å². The number of hydrogen-bond donors (Lipinski definition) is 0. The first-order valence-corrected chi connectivity index (χ1v) is 34.4. The molecule has 0 heterocycles. The maximum absolute atomic E-state index is 5.84. The predicted molar refractivity (Wildman–Crippen MR) is 243 cm³/mol. The Labute approximate surface area is 346 Å². The summed E-state index contributed by atoms with van der Waals surface area (Å²) in [6.07, 6.45) is 13.3. The van der Waals surface area contributed by atoms with Gasteiger partial charge in [0.05, 0.1) is 16.1 Å². The molecule has 0 atom stereocenters. The summed E-state index contributed by atoms with van der Waals surface area (Å²) < 4.78 is 69.5. The van der Waals surface area contributed by atoms with E-state index in [2.05, 4.69) is 0 Å². The Morgan fingerprint density at radius 1 is 0.259 bits per heavy atom. The molecule has 0 aliphatic heterocycles. The fourth-order valence-corrected chi connectivity index (χ4v) is 26.1. The van der Waals surface area contributed by atoms with Crippen molar-refractivity contribution in [3.8, 4) is 0 Å². The molecule has 0 N–H and O–H groups in total. The van der Waals surface area contributed by atoms with E-state index in [1.807, 2.05) is 0 Å². The van der Waals surface area contributed by atoms with E-state index in [9.17, 15) is 0 Å². The summed E-state index contributed by atoms with van der Waals surface area (Å²) in [5.74, 6) is 0. The van der Waals surface area contributed by atoms with Gasteiger partial charge in [0.2, 0.25) is 0 Å². The van der Waals surface area contributed by atoms with Gasteiger partial charge in [0.15, 0.2) is 0 Å². The minimum absolute atomic E-state index is 0.821. The van der Waals surface area contributed by atoms with Crippen LogP contribution in [0.4, 0.5) is 0 Å². The zero-order chi connectivity index (χ0) is 40.7. The van der Waals surface area contributed by atoms with Gasteiger partial charge in [-0.1, -0.05) is 99.7 Å². The number of hydrogen-bond acceptors (Lipinski definition) is 12. The van der Waals surface area contributed by atoms with Crippen LogP contribution in [0.25, 0.3) is 0 Å². The third-order valence-corrected chi connectivity index (χ3v) is 33.0. The van der Waals surface area contributed by atoms with Gasteiger partial charge in [-0.2, -0.15) is 0 Å². The lowest BCUT2D eigenvalue weighted by Crippen LogP contribution is -2.45. The zero-order valence-electron chi connectivity index (χ0n) is 37.1. The first-order chi connectivity index (χ1) is 26.1. The van der Waals surface area contributed by atoms with Crippen molar-refractivity contribution in [2.24, 2.45) is 0 Å². The Balaban J connectivity index is 5.97. The molecule has 0 radical (unpaired) electrons. The fourth-order valence-electron chi connectivity index (χ4n) is 8.51. The summed E-state index contributed by atoms with van der Waals surface area (Å²) in [5, 5.41) is 0. The van der Waals surface area contributed by atoms with Crippen molar-refractivity contribution in [2.45, 2.75) is 137 Å². The lowest BCUT2D eigenvalue weighted by atomic mass is 10.2. The van der Waals surface area contributed by atoms with Crippen LogP contribution in [0, 0.1) is 0 Å². The fraction of sp³-hybridized carbons (Fsp3) is 1.00. The van der Waals surface area contributed by atoms with Gasteiger partial charge in [0, 0.05) is 102 Å². The SMILES string of the molecule is CO[Si](CCC[Si](CCCCCCC[Si](CCCO[SiH3])(CCCO[SiH3])CCCO[SiH3])(CCC[Si](OC)(OC)OC)CCC[Si](OC)(OC)OC)(OC)OC. The van der Waals surface area contributed by atoms with Crippen LogP contribution in [-0.4, -0.2) is 158 Å². The summed E-state index contributed by atoms with van der Waals surface area (Å²) in [4.78, 5) is 0. The summed E-state index contributed by atoms with van der Waals surface area (Å²) in [5.41, 5.74) is 0. The van der Waals surface area contributed by atoms with Crippen LogP contribution in [0.5, 0.6) is 0 Å². The molecule has 0 aliphatic carbocycles. The van der Waals surface area contributed by atoms with E-state index in [4.69, 9.17) is 53.1 Å². The molecule has 0 saturated carbocycles. The Morgan fingerprint density at radius 3 is 0.685 bits per heavy atom. The van der Waals surface area contributed by atoms with Crippen LogP contribution in [-0.2, 0) is 53.1 Å². The average Bonchev–Trinajstić information content (AvgIpc) is 3.20. The monoisotopic (exact) mass is 910 g/mol. The van der Waals surface area contributed by atoms with Crippen LogP contribution in [0.1, 0.15) is 70.6 Å². The molecule has 0 rings (SSSR count). The van der Waals surface area contributed by atoms with Crippen LogP contribution in [0.3, 0.4) is 0 Å². The van der Waals surface area contributed by atoms with Crippen molar-refractivity contribution < 1.29 is 53.1 Å². The predicted octanol–water partition coefficient (Wildman–Crippen LogP) is 4.70. The van der Waals surface area contributed by atoms with E-state index in [0.717, 1.165) is 88.7 Å². The minimum Gasteiger partial charge on any atom is -0.428 e. The van der Waals surface area contributed by atoms with Crippen molar-refractivity contribution in [3.63, 3.8) is 0 Å². The highest BCUT2D eigenvalue weighted by molar-refractivity contribution is 6.80. The van der Waals surface area contributed by atoms with Crippen molar-refractivity contribution in [3.05, 3.63) is 0 Å². The first-order valence-electron chi connectivity index (χ1n) is 20.5. The second kappa shape index (κ2) is 33.0. The molecule has 0 aromatic heterocycles. The Bertz CT molecular complexity index is 746. The number of rotatable bonds is 41. The van der Waals surface area contributed by atoms with Crippen LogP contribution < -0.4 is 0 Å². The van der Waals surface area contributed by atoms with Gasteiger partial charge >= 0.3 is 26.4 Å². The average molecular weight is 912 g/mol. The lowest BCUT2D eigenvalue weighted by molar-refractivity contribution is 0.123. The van der Waals surface area contributed by atoms with E-state index in [0.29, 0.717) is 0 Å². The zero-order valence-corrected chi connectivity index (χ0v) is 48.1. The first kappa shape index (κ1) is 55.3. The van der Waals surface area contributed by atoms with Gasteiger partial charge in [0.1, 0.15) is 31.5 Å². The molecule has 20 heteroatoms. The van der Waals surface area contributed by atoms with E-state index < -0.39 is 42.6 Å².